The molecule has 0 atom stereocenters. The minimum absolute atomic E-state index is 0.0803. The van der Waals surface area contributed by atoms with Crippen molar-refractivity contribution in [1.82, 2.24) is 4.90 Å². The minimum Gasteiger partial charge on any atom is -0.367 e. The second-order valence-electron chi connectivity index (χ2n) is 8.38. The third-order valence-electron chi connectivity index (χ3n) is 6.09. The topological polar surface area (TPSA) is 31.2 Å². The third-order valence-corrected chi connectivity index (χ3v) is 6.09. The number of rotatable bonds is 8. The molecule has 1 saturated heterocycles. The molecule has 0 aliphatic carbocycles. The fourth-order valence-electron chi connectivity index (χ4n) is 3.95. The number of nitrogens with zero attached hydrogens (tertiary/aromatic N) is 4. The molecule has 0 spiro atoms. The molecule has 0 bridgehead atoms. The van der Waals surface area contributed by atoms with Crippen LogP contribution in [0, 0.1) is 11.7 Å². The smallest absolute Gasteiger partial charge is 0.367 e. The molecule has 2 aliphatic rings. The van der Waals surface area contributed by atoms with Gasteiger partial charge < -0.3 is 9.80 Å². The van der Waals surface area contributed by atoms with Crippen LogP contribution < -0.4 is 4.90 Å². The van der Waals surface area contributed by atoms with Gasteiger partial charge in [-0.25, -0.2) is 13.2 Å². The zero-order chi connectivity index (χ0) is 25.3. The molecular formula is C25H22F6N4. The number of halogens is 6. The van der Waals surface area contributed by atoms with Crippen molar-refractivity contribution in [3.63, 3.8) is 0 Å². The maximum Gasteiger partial charge on any atom is 0.430 e. The van der Waals surface area contributed by atoms with Crippen molar-refractivity contribution >= 4 is 17.1 Å². The molecule has 4 nitrogen and oxygen atoms in total. The average molecular weight is 492 g/mol. The lowest BCUT2D eigenvalue weighted by Crippen LogP contribution is -2.51. The Balaban J connectivity index is 1.50. The van der Waals surface area contributed by atoms with Crippen molar-refractivity contribution in [2.45, 2.75) is 25.6 Å². The fraction of sp³-hybridized carbons (Fsp3) is 0.280. The van der Waals surface area contributed by atoms with E-state index in [0.29, 0.717) is 22.5 Å². The first-order valence-electron chi connectivity index (χ1n) is 10.8. The molecule has 2 aliphatic heterocycles. The summed E-state index contributed by atoms with van der Waals surface area (Å²) in [6, 6.07) is 13.4. The van der Waals surface area contributed by atoms with Crippen molar-refractivity contribution in [2.75, 3.05) is 18.0 Å². The molecule has 2 aromatic carbocycles. The Morgan fingerprint density at radius 2 is 1.74 bits per heavy atom. The molecule has 0 aromatic heterocycles. The number of hydrogen-bond acceptors (Lipinski definition) is 4. The van der Waals surface area contributed by atoms with E-state index in [0.717, 1.165) is 4.90 Å². The molecule has 0 N–H and O–H groups in total. The van der Waals surface area contributed by atoms with Gasteiger partial charge in [-0.2, -0.15) is 23.4 Å². The van der Waals surface area contributed by atoms with E-state index in [1.54, 1.807) is 35.2 Å². The van der Waals surface area contributed by atoms with Gasteiger partial charge in [-0.3, -0.25) is 0 Å². The van der Waals surface area contributed by atoms with Gasteiger partial charge in [-0.15, -0.1) is 0 Å². The van der Waals surface area contributed by atoms with Gasteiger partial charge >= 0.3 is 6.18 Å². The van der Waals surface area contributed by atoms with E-state index in [4.69, 9.17) is 0 Å². The van der Waals surface area contributed by atoms with Crippen LogP contribution in [0.5, 0.6) is 0 Å². The number of para-hydroxylation sites is 1. The van der Waals surface area contributed by atoms with Gasteiger partial charge in [0.1, 0.15) is 17.2 Å². The Kier molecular flexibility index (Phi) is 6.73. The highest BCUT2D eigenvalue weighted by molar-refractivity contribution is 6.15. The number of allylic oxidation sites excluding steroid dienone is 1. The van der Waals surface area contributed by atoms with Crippen molar-refractivity contribution in [2.24, 2.45) is 16.1 Å². The molecule has 35 heavy (non-hydrogen) atoms. The second-order valence-corrected chi connectivity index (χ2v) is 8.38. The SMILES string of the molecule is C=C(C1CN(C(=C)C(F)(F)F)C1)N(Cc1ccc(C2=NN=C(C(F)F)C2)cc1F)c1ccccc1. The van der Waals surface area contributed by atoms with E-state index in [-0.39, 0.29) is 43.4 Å². The molecule has 0 radical (unpaired) electrons. The van der Waals surface area contributed by atoms with Crippen LogP contribution in [0.1, 0.15) is 17.5 Å². The number of anilines is 1. The van der Waals surface area contributed by atoms with Crippen LogP contribution >= 0.6 is 0 Å². The van der Waals surface area contributed by atoms with Gasteiger partial charge in [0.15, 0.2) is 0 Å². The van der Waals surface area contributed by atoms with E-state index in [1.165, 1.54) is 12.1 Å². The first-order valence-corrected chi connectivity index (χ1v) is 10.8. The van der Waals surface area contributed by atoms with E-state index in [1.807, 2.05) is 6.07 Å². The first kappa shape index (κ1) is 24.6. The lowest BCUT2D eigenvalue weighted by Gasteiger charge is -2.45. The van der Waals surface area contributed by atoms with Gasteiger partial charge in [0.05, 0.1) is 12.3 Å². The Labute approximate surface area is 198 Å². The fourth-order valence-corrected chi connectivity index (χ4v) is 3.95. The van der Waals surface area contributed by atoms with Crippen molar-refractivity contribution < 1.29 is 26.3 Å². The lowest BCUT2D eigenvalue weighted by molar-refractivity contribution is -0.119. The minimum atomic E-state index is -4.50. The molecule has 0 saturated carbocycles. The monoisotopic (exact) mass is 492 g/mol. The van der Waals surface area contributed by atoms with Crippen LogP contribution in [0.2, 0.25) is 0 Å². The van der Waals surface area contributed by atoms with E-state index < -0.39 is 24.1 Å². The maximum absolute atomic E-state index is 15.1. The quantitative estimate of drug-likeness (QED) is 0.413. The van der Waals surface area contributed by atoms with Crippen molar-refractivity contribution in [3.05, 3.63) is 90.0 Å². The van der Waals surface area contributed by atoms with Crippen LogP contribution in [-0.4, -0.2) is 42.0 Å². The number of likely N-dealkylation sites (tertiary alicyclic amines) is 1. The third kappa shape index (κ3) is 5.26. The largest absolute Gasteiger partial charge is 0.430 e. The van der Waals surface area contributed by atoms with Crippen LogP contribution in [0.15, 0.2) is 83.3 Å². The Morgan fingerprint density at radius 3 is 2.31 bits per heavy atom. The zero-order valence-electron chi connectivity index (χ0n) is 18.6. The summed E-state index contributed by atoms with van der Waals surface area (Å²) in [6.07, 6.45) is -7.37. The van der Waals surface area contributed by atoms with Crippen LogP contribution in [0.3, 0.4) is 0 Å². The van der Waals surface area contributed by atoms with E-state index in [9.17, 15) is 22.0 Å². The summed E-state index contributed by atoms with van der Waals surface area (Å²) >= 11 is 0. The van der Waals surface area contributed by atoms with Crippen molar-refractivity contribution in [3.8, 4) is 0 Å². The van der Waals surface area contributed by atoms with Crippen molar-refractivity contribution in [1.29, 1.82) is 0 Å². The second kappa shape index (κ2) is 9.59. The molecule has 0 unspecified atom stereocenters. The highest BCUT2D eigenvalue weighted by atomic mass is 19.4. The van der Waals surface area contributed by atoms with E-state index >= 15 is 4.39 Å². The Bertz CT molecular complexity index is 1180. The number of alkyl halides is 5. The van der Waals surface area contributed by atoms with E-state index in [2.05, 4.69) is 23.4 Å². The Hall–Kier alpha value is -3.56. The predicted molar refractivity (Wildman–Crippen MR) is 123 cm³/mol. The summed E-state index contributed by atoms with van der Waals surface area (Å²) in [5.41, 5.74) is 0.932. The highest BCUT2D eigenvalue weighted by Gasteiger charge is 2.42. The zero-order valence-corrected chi connectivity index (χ0v) is 18.6. The molecular weight excluding hydrogens is 470 g/mol. The van der Waals surface area contributed by atoms with Crippen LogP contribution in [0.4, 0.5) is 32.0 Å². The number of hydrogen-bond donors (Lipinski definition) is 0. The molecule has 10 heteroatoms. The standard InChI is InChI=1S/C25H22F6N4/c1-15(19-12-34(13-19)16(2)25(29,30)31)35(20-6-4-3-5-7-20)14-18-9-8-17(10-21(18)26)22-11-23(24(27)28)33-32-22/h3-10,19,24H,1-2,11-14H2. The Morgan fingerprint density at radius 1 is 1.06 bits per heavy atom. The first-order chi connectivity index (χ1) is 16.5. The highest BCUT2D eigenvalue weighted by Crippen LogP contribution is 2.36. The average Bonchev–Trinajstić information content (AvgIpc) is 3.28. The van der Waals surface area contributed by atoms with Gasteiger partial charge in [0, 0.05) is 47.9 Å². The normalized spacial score (nSPS) is 16.1. The molecule has 1 fully saturated rings. The van der Waals surface area contributed by atoms with Gasteiger partial charge in [-0.05, 0) is 18.2 Å². The van der Waals surface area contributed by atoms with Crippen LogP contribution in [0.25, 0.3) is 0 Å². The summed E-state index contributed by atoms with van der Waals surface area (Å²) in [5, 5.41) is 7.20. The molecule has 2 heterocycles. The van der Waals surface area contributed by atoms with Crippen LogP contribution in [-0.2, 0) is 6.54 Å². The van der Waals surface area contributed by atoms with Gasteiger partial charge in [-0.1, -0.05) is 43.5 Å². The summed E-state index contributed by atoms with van der Waals surface area (Å²) in [5.74, 6) is -0.834. The predicted octanol–water partition coefficient (Wildman–Crippen LogP) is 6.17. The van der Waals surface area contributed by atoms with Gasteiger partial charge in [0.25, 0.3) is 6.43 Å². The summed E-state index contributed by atoms with van der Waals surface area (Å²) < 4.78 is 79.5. The molecule has 2 aromatic rings. The van der Waals surface area contributed by atoms with Gasteiger partial charge in [0.2, 0.25) is 0 Å². The molecule has 0 amide bonds. The summed E-state index contributed by atoms with van der Waals surface area (Å²) in [6.45, 7) is 7.52. The molecule has 4 rings (SSSR count). The number of benzene rings is 2. The molecule has 184 valence electrons. The summed E-state index contributed by atoms with van der Waals surface area (Å²) in [4.78, 5) is 2.91. The maximum atomic E-state index is 15.1. The summed E-state index contributed by atoms with van der Waals surface area (Å²) in [7, 11) is 0. The lowest BCUT2D eigenvalue weighted by atomic mass is 9.94.